The molecule has 12 heavy (non-hydrogen) atoms. The summed E-state index contributed by atoms with van der Waals surface area (Å²) in [7, 11) is 0. The van der Waals surface area contributed by atoms with E-state index in [0.29, 0.717) is 12.0 Å². The van der Waals surface area contributed by atoms with Crippen LogP contribution in [0, 0.1) is 5.92 Å². The molecule has 3 unspecified atom stereocenters. The van der Waals surface area contributed by atoms with E-state index in [-0.39, 0.29) is 0 Å². The summed E-state index contributed by atoms with van der Waals surface area (Å²) in [6.07, 6.45) is 2.47. The lowest BCUT2D eigenvalue weighted by molar-refractivity contribution is 0.480. The predicted molar refractivity (Wildman–Crippen MR) is 53.4 cm³/mol. The summed E-state index contributed by atoms with van der Waals surface area (Å²) in [5.74, 6) is 1.39. The van der Waals surface area contributed by atoms with E-state index in [2.05, 4.69) is 23.8 Å². The molecule has 2 heteroatoms. The molecule has 1 aliphatic carbocycles. The lowest BCUT2D eigenvalue weighted by atomic mass is 9.91. The van der Waals surface area contributed by atoms with Crippen LogP contribution in [0.1, 0.15) is 31.2 Å². The van der Waals surface area contributed by atoms with E-state index in [4.69, 9.17) is 5.73 Å². The minimum Gasteiger partial charge on any atom is -0.327 e. The van der Waals surface area contributed by atoms with Gasteiger partial charge in [-0.1, -0.05) is 6.92 Å². The first-order chi connectivity index (χ1) is 5.79. The van der Waals surface area contributed by atoms with Crippen LogP contribution in [-0.2, 0) is 0 Å². The molecular weight excluding hydrogens is 166 g/mol. The van der Waals surface area contributed by atoms with Crippen LogP contribution >= 0.6 is 11.3 Å². The van der Waals surface area contributed by atoms with Gasteiger partial charge in [-0.15, -0.1) is 0 Å². The fourth-order valence-electron chi connectivity index (χ4n) is 2.15. The van der Waals surface area contributed by atoms with Gasteiger partial charge in [0.2, 0.25) is 0 Å². The molecule has 3 atom stereocenters. The van der Waals surface area contributed by atoms with Gasteiger partial charge in [0.1, 0.15) is 0 Å². The van der Waals surface area contributed by atoms with Gasteiger partial charge in [0.05, 0.1) is 0 Å². The normalized spacial score (nSPS) is 35.7. The molecule has 0 radical (unpaired) electrons. The molecular formula is C10H15NS. The number of hydrogen-bond acceptors (Lipinski definition) is 2. The van der Waals surface area contributed by atoms with E-state index in [1.54, 1.807) is 11.3 Å². The molecule has 0 spiro atoms. The van der Waals surface area contributed by atoms with Gasteiger partial charge in [-0.05, 0) is 47.1 Å². The molecule has 2 rings (SSSR count). The van der Waals surface area contributed by atoms with Crippen molar-refractivity contribution in [3.63, 3.8) is 0 Å². The number of hydrogen-bond donors (Lipinski definition) is 1. The highest BCUT2D eigenvalue weighted by atomic mass is 32.1. The van der Waals surface area contributed by atoms with Gasteiger partial charge in [0, 0.05) is 6.04 Å². The molecule has 1 aromatic rings. The van der Waals surface area contributed by atoms with Crippen molar-refractivity contribution in [2.75, 3.05) is 0 Å². The summed E-state index contributed by atoms with van der Waals surface area (Å²) in [6.45, 7) is 2.28. The first-order valence-electron chi connectivity index (χ1n) is 4.56. The van der Waals surface area contributed by atoms with Crippen molar-refractivity contribution in [2.24, 2.45) is 11.7 Å². The minimum atomic E-state index is 0.426. The van der Waals surface area contributed by atoms with Gasteiger partial charge in [0.25, 0.3) is 0 Å². The Balaban J connectivity index is 2.16. The molecule has 0 bridgehead atoms. The van der Waals surface area contributed by atoms with Crippen molar-refractivity contribution in [1.29, 1.82) is 0 Å². The van der Waals surface area contributed by atoms with Crippen LogP contribution < -0.4 is 5.73 Å². The third-order valence-corrected chi connectivity index (χ3v) is 3.79. The van der Waals surface area contributed by atoms with E-state index in [1.165, 1.54) is 18.4 Å². The Bertz CT molecular complexity index is 242. The minimum absolute atomic E-state index is 0.426. The van der Waals surface area contributed by atoms with Crippen molar-refractivity contribution in [3.05, 3.63) is 22.4 Å². The standard InChI is InChI=1S/C10H15NS/c1-7-9(2-3-10(7)11)8-4-5-12-6-8/h4-7,9-10H,2-3,11H2,1H3. The second-order valence-corrected chi connectivity index (χ2v) is 4.54. The van der Waals surface area contributed by atoms with Crippen molar-refractivity contribution in [1.82, 2.24) is 0 Å². The van der Waals surface area contributed by atoms with Crippen molar-refractivity contribution in [2.45, 2.75) is 31.7 Å². The Morgan fingerprint density at radius 1 is 1.50 bits per heavy atom. The van der Waals surface area contributed by atoms with Crippen molar-refractivity contribution < 1.29 is 0 Å². The van der Waals surface area contributed by atoms with Crippen LogP contribution in [-0.4, -0.2) is 6.04 Å². The molecule has 1 saturated carbocycles. The van der Waals surface area contributed by atoms with Gasteiger partial charge in [-0.3, -0.25) is 0 Å². The Labute approximate surface area is 77.6 Å². The van der Waals surface area contributed by atoms with Crippen LogP contribution in [0.15, 0.2) is 16.8 Å². The Hall–Kier alpha value is -0.340. The number of nitrogens with two attached hydrogens (primary N) is 1. The maximum Gasteiger partial charge on any atom is 0.00705 e. The van der Waals surface area contributed by atoms with E-state index in [1.807, 2.05) is 0 Å². The zero-order chi connectivity index (χ0) is 8.55. The molecule has 0 aliphatic heterocycles. The Morgan fingerprint density at radius 2 is 2.33 bits per heavy atom. The van der Waals surface area contributed by atoms with Gasteiger partial charge in [-0.2, -0.15) is 11.3 Å². The summed E-state index contributed by atoms with van der Waals surface area (Å²) < 4.78 is 0. The lowest BCUT2D eigenvalue weighted by Crippen LogP contribution is -2.24. The fraction of sp³-hybridized carbons (Fsp3) is 0.600. The van der Waals surface area contributed by atoms with Gasteiger partial charge < -0.3 is 5.73 Å². The topological polar surface area (TPSA) is 26.0 Å². The van der Waals surface area contributed by atoms with Gasteiger partial charge in [0.15, 0.2) is 0 Å². The first kappa shape index (κ1) is 8.27. The molecule has 0 saturated heterocycles. The summed E-state index contributed by atoms with van der Waals surface area (Å²) in [4.78, 5) is 0. The van der Waals surface area contributed by atoms with Crippen LogP contribution in [0.4, 0.5) is 0 Å². The molecule has 1 aromatic heterocycles. The molecule has 0 aromatic carbocycles. The highest BCUT2D eigenvalue weighted by molar-refractivity contribution is 7.07. The third kappa shape index (κ3) is 1.29. The van der Waals surface area contributed by atoms with E-state index >= 15 is 0 Å². The largest absolute Gasteiger partial charge is 0.327 e. The summed E-state index contributed by atoms with van der Waals surface area (Å²) in [6, 6.07) is 2.67. The number of rotatable bonds is 1. The summed E-state index contributed by atoms with van der Waals surface area (Å²) in [5, 5.41) is 4.42. The zero-order valence-corrected chi connectivity index (χ0v) is 8.18. The van der Waals surface area contributed by atoms with Crippen molar-refractivity contribution >= 4 is 11.3 Å². The molecule has 66 valence electrons. The molecule has 2 N–H and O–H groups in total. The van der Waals surface area contributed by atoms with E-state index in [9.17, 15) is 0 Å². The highest BCUT2D eigenvalue weighted by Crippen LogP contribution is 2.39. The fourth-order valence-corrected chi connectivity index (χ4v) is 2.88. The van der Waals surface area contributed by atoms with Crippen molar-refractivity contribution in [3.8, 4) is 0 Å². The smallest absolute Gasteiger partial charge is 0.00705 e. The Kier molecular flexibility index (Phi) is 2.20. The van der Waals surface area contributed by atoms with Crippen LogP contribution in [0.25, 0.3) is 0 Å². The second kappa shape index (κ2) is 3.19. The maximum atomic E-state index is 5.98. The van der Waals surface area contributed by atoms with E-state index < -0.39 is 0 Å². The molecule has 0 amide bonds. The molecule has 1 heterocycles. The zero-order valence-electron chi connectivity index (χ0n) is 7.36. The molecule has 1 aliphatic rings. The Morgan fingerprint density at radius 3 is 2.83 bits per heavy atom. The second-order valence-electron chi connectivity index (χ2n) is 3.76. The first-order valence-corrected chi connectivity index (χ1v) is 5.51. The third-order valence-electron chi connectivity index (χ3n) is 3.09. The van der Waals surface area contributed by atoms with Gasteiger partial charge in [-0.25, -0.2) is 0 Å². The lowest BCUT2D eigenvalue weighted by Gasteiger charge is -2.16. The van der Waals surface area contributed by atoms with Crippen LogP contribution in [0.2, 0.25) is 0 Å². The SMILES string of the molecule is CC1C(N)CCC1c1ccsc1. The monoisotopic (exact) mass is 181 g/mol. The average molecular weight is 181 g/mol. The molecule has 1 nitrogen and oxygen atoms in total. The van der Waals surface area contributed by atoms with E-state index in [0.717, 1.165) is 5.92 Å². The van der Waals surface area contributed by atoms with Gasteiger partial charge >= 0.3 is 0 Å². The van der Waals surface area contributed by atoms with Crippen LogP contribution in [0.5, 0.6) is 0 Å². The summed E-state index contributed by atoms with van der Waals surface area (Å²) >= 11 is 1.79. The predicted octanol–water partition coefficient (Wildman–Crippen LogP) is 2.59. The average Bonchev–Trinajstić information content (AvgIpc) is 2.64. The number of thiophene rings is 1. The quantitative estimate of drug-likeness (QED) is 0.708. The summed E-state index contributed by atoms with van der Waals surface area (Å²) in [5.41, 5.74) is 7.48. The van der Waals surface area contributed by atoms with Crippen LogP contribution in [0.3, 0.4) is 0 Å². The molecule has 1 fully saturated rings. The maximum absolute atomic E-state index is 5.98. The highest BCUT2D eigenvalue weighted by Gasteiger charge is 2.31.